The molecular weight excluding hydrogens is 310 g/mol. The lowest BCUT2D eigenvalue weighted by atomic mass is 10.4. The second-order valence-electron chi connectivity index (χ2n) is 4.74. The van der Waals surface area contributed by atoms with Crippen molar-refractivity contribution < 1.29 is 27.2 Å². The maximum Gasteiger partial charge on any atom is 0.517 e. The van der Waals surface area contributed by atoms with E-state index in [4.69, 9.17) is 22.1 Å². The van der Waals surface area contributed by atoms with Gasteiger partial charge in [0.1, 0.15) is 0 Å². The molecule has 2 N–H and O–H groups in total. The summed E-state index contributed by atoms with van der Waals surface area (Å²) >= 11 is 0. The fourth-order valence-corrected chi connectivity index (χ4v) is 6.51. The molecule has 0 saturated heterocycles. The summed E-state index contributed by atoms with van der Waals surface area (Å²) in [6, 6.07) is 0.628. The van der Waals surface area contributed by atoms with Crippen LogP contribution in [0.3, 0.4) is 0 Å². The van der Waals surface area contributed by atoms with Gasteiger partial charge in [-0.05, 0) is 25.4 Å². The maximum atomic E-state index is 9.55. The molecule has 1 unspecified atom stereocenters. The summed E-state index contributed by atoms with van der Waals surface area (Å²) in [5.74, 6) is 0. The molecule has 0 aliphatic rings. The maximum absolute atomic E-state index is 9.55. The van der Waals surface area contributed by atoms with Gasteiger partial charge < -0.3 is 32.6 Å². The SMILES string of the molecule is CCCNC(CC[Si](CO)(OC)OC)[Si](OC)(OC)OC. The third-order valence-electron chi connectivity index (χ3n) is 3.72. The third-order valence-corrected chi connectivity index (χ3v) is 9.79. The van der Waals surface area contributed by atoms with Gasteiger partial charge in [0.05, 0.1) is 11.9 Å². The van der Waals surface area contributed by atoms with E-state index in [2.05, 4.69) is 12.2 Å². The van der Waals surface area contributed by atoms with Gasteiger partial charge in [-0.15, -0.1) is 0 Å². The Morgan fingerprint density at radius 2 is 1.48 bits per heavy atom. The summed E-state index contributed by atoms with van der Waals surface area (Å²) in [7, 11) is 2.59. The molecule has 0 rings (SSSR count). The lowest BCUT2D eigenvalue weighted by molar-refractivity contribution is 0.105. The molecule has 0 saturated carbocycles. The molecule has 21 heavy (non-hydrogen) atoms. The molecule has 9 heteroatoms. The van der Waals surface area contributed by atoms with E-state index >= 15 is 0 Å². The monoisotopic (exact) mass is 341 g/mol. The molecule has 0 spiro atoms. The second-order valence-corrected chi connectivity index (χ2v) is 11.3. The Morgan fingerprint density at radius 1 is 0.952 bits per heavy atom. The highest BCUT2D eigenvalue weighted by Crippen LogP contribution is 2.21. The molecule has 128 valence electrons. The zero-order valence-corrected chi connectivity index (χ0v) is 16.1. The number of aliphatic hydroxyl groups is 1. The van der Waals surface area contributed by atoms with Crippen LogP contribution in [0, 0.1) is 0 Å². The highest BCUT2D eigenvalue weighted by molar-refractivity contribution is 6.67. The van der Waals surface area contributed by atoms with Crippen molar-refractivity contribution in [2.45, 2.75) is 31.5 Å². The lowest BCUT2D eigenvalue weighted by Gasteiger charge is -2.35. The first-order valence-corrected chi connectivity index (χ1v) is 11.2. The Morgan fingerprint density at radius 3 is 1.81 bits per heavy atom. The standard InChI is InChI=1S/C12H31NO6Si2/c1-7-9-13-12(21(17-4,18-5)19-6)8-10-20(11-14,15-2)16-3/h12-14H,7-11H2,1-6H3. The largest absolute Gasteiger partial charge is 0.517 e. The van der Waals surface area contributed by atoms with Crippen LogP contribution in [-0.2, 0) is 22.1 Å². The first kappa shape index (κ1) is 21.2. The Hall–Kier alpha value is 0.154. The van der Waals surface area contributed by atoms with Gasteiger partial charge in [-0.2, -0.15) is 0 Å². The normalized spacial score (nSPS) is 14.4. The van der Waals surface area contributed by atoms with E-state index in [0.717, 1.165) is 13.0 Å². The van der Waals surface area contributed by atoms with E-state index < -0.39 is 17.4 Å². The average molecular weight is 342 g/mol. The van der Waals surface area contributed by atoms with Gasteiger partial charge in [0.15, 0.2) is 0 Å². The van der Waals surface area contributed by atoms with Gasteiger partial charge in [0, 0.05) is 35.5 Å². The minimum atomic E-state index is -2.80. The molecule has 0 amide bonds. The van der Waals surface area contributed by atoms with Gasteiger partial charge >= 0.3 is 17.4 Å². The van der Waals surface area contributed by atoms with E-state index in [1.807, 2.05) is 0 Å². The molecule has 0 aromatic rings. The summed E-state index contributed by atoms with van der Waals surface area (Å²) < 4.78 is 27.6. The van der Waals surface area contributed by atoms with E-state index in [1.54, 1.807) is 35.5 Å². The number of hydrogen-bond donors (Lipinski definition) is 2. The summed E-state index contributed by atoms with van der Waals surface area (Å²) in [5, 5.41) is 13.0. The van der Waals surface area contributed by atoms with Crippen LogP contribution in [0.1, 0.15) is 19.8 Å². The Labute approximate surface area is 130 Å². The van der Waals surface area contributed by atoms with E-state index in [0.29, 0.717) is 12.5 Å². The zero-order chi connectivity index (χ0) is 16.4. The van der Waals surface area contributed by atoms with Crippen LogP contribution in [-0.4, -0.2) is 76.5 Å². The van der Waals surface area contributed by atoms with Crippen LogP contribution in [0.4, 0.5) is 0 Å². The number of hydrogen-bond acceptors (Lipinski definition) is 7. The Balaban J connectivity index is 4.99. The van der Waals surface area contributed by atoms with Gasteiger partial charge in [-0.25, -0.2) is 0 Å². The molecule has 0 aromatic heterocycles. The van der Waals surface area contributed by atoms with E-state index in [1.165, 1.54) is 0 Å². The van der Waals surface area contributed by atoms with Crippen molar-refractivity contribution in [3.63, 3.8) is 0 Å². The van der Waals surface area contributed by atoms with Gasteiger partial charge in [0.2, 0.25) is 0 Å². The topological polar surface area (TPSA) is 78.4 Å². The first-order chi connectivity index (χ1) is 10.0. The van der Waals surface area contributed by atoms with Gasteiger partial charge in [-0.1, -0.05) is 6.92 Å². The fraction of sp³-hybridized carbons (Fsp3) is 1.00. The van der Waals surface area contributed by atoms with Crippen molar-refractivity contribution in [3.05, 3.63) is 0 Å². The fourth-order valence-electron chi connectivity index (χ4n) is 2.26. The van der Waals surface area contributed by atoms with Crippen molar-refractivity contribution in [2.75, 3.05) is 48.3 Å². The van der Waals surface area contributed by atoms with Crippen molar-refractivity contribution in [1.29, 1.82) is 0 Å². The highest BCUT2D eigenvalue weighted by atomic mass is 28.4. The van der Waals surface area contributed by atoms with Gasteiger partial charge in [-0.3, -0.25) is 0 Å². The first-order valence-electron chi connectivity index (χ1n) is 7.13. The molecule has 0 bridgehead atoms. The third kappa shape index (κ3) is 5.69. The summed E-state index contributed by atoms with van der Waals surface area (Å²) in [6.45, 7) is 2.93. The van der Waals surface area contributed by atoms with Crippen LogP contribution in [0.15, 0.2) is 0 Å². The van der Waals surface area contributed by atoms with E-state index in [-0.39, 0.29) is 11.9 Å². The minimum absolute atomic E-state index is 0.0684. The molecule has 0 aromatic carbocycles. The van der Waals surface area contributed by atoms with Crippen molar-refractivity contribution >= 4 is 17.4 Å². The lowest BCUT2D eigenvalue weighted by Crippen LogP contribution is -2.61. The van der Waals surface area contributed by atoms with E-state index in [9.17, 15) is 5.11 Å². The summed E-state index contributed by atoms with van der Waals surface area (Å²) in [6.07, 6.45) is 1.60. The molecule has 1 atom stereocenters. The molecule has 0 radical (unpaired) electrons. The molecule has 0 fully saturated rings. The molecule has 7 nitrogen and oxygen atoms in total. The van der Waals surface area contributed by atoms with Crippen LogP contribution >= 0.6 is 0 Å². The van der Waals surface area contributed by atoms with Crippen LogP contribution in [0.25, 0.3) is 0 Å². The number of nitrogens with one attached hydrogen (secondary N) is 1. The Bertz CT molecular complexity index is 248. The van der Waals surface area contributed by atoms with Crippen LogP contribution in [0.5, 0.6) is 0 Å². The number of aliphatic hydroxyl groups excluding tert-OH is 1. The summed E-state index contributed by atoms with van der Waals surface area (Å²) in [4.78, 5) is 0. The highest BCUT2D eigenvalue weighted by Gasteiger charge is 2.48. The quantitative estimate of drug-likeness (QED) is 0.470. The predicted octanol–water partition coefficient (Wildman–Crippen LogP) is 0.429. The predicted molar refractivity (Wildman–Crippen MR) is 85.1 cm³/mol. The summed E-state index contributed by atoms with van der Waals surface area (Å²) in [5.41, 5.74) is -0.0684. The van der Waals surface area contributed by atoms with Crippen molar-refractivity contribution in [1.82, 2.24) is 5.32 Å². The number of rotatable bonds is 13. The molecule has 0 heterocycles. The van der Waals surface area contributed by atoms with Gasteiger partial charge in [0.25, 0.3) is 0 Å². The van der Waals surface area contributed by atoms with Crippen LogP contribution in [0.2, 0.25) is 6.04 Å². The second kappa shape index (κ2) is 10.8. The minimum Gasteiger partial charge on any atom is -0.396 e. The molecule has 0 aliphatic heterocycles. The Kier molecular flexibility index (Phi) is 10.9. The molecular formula is C12H31NO6Si2. The van der Waals surface area contributed by atoms with Crippen molar-refractivity contribution in [3.8, 4) is 0 Å². The average Bonchev–Trinajstić information content (AvgIpc) is 2.55. The molecule has 0 aliphatic carbocycles. The smallest absolute Gasteiger partial charge is 0.396 e. The van der Waals surface area contributed by atoms with Crippen LogP contribution < -0.4 is 5.32 Å². The van der Waals surface area contributed by atoms with Crippen molar-refractivity contribution in [2.24, 2.45) is 0 Å². The zero-order valence-electron chi connectivity index (χ0n) is 14.1.